The van der Waals surface area contributed by atoms with Gasteiger partial charge in [-0.3, -0.25) is 0 Å². The van der Waals surface area contributed by atoms with Crippen LogP contribution in [0.15, 0.2) is 78.7 Å². The predicted molar refractivity (Wildman–Crippen MR) is 152 cm³/mol. The van der Waals surface area contributed by atoms with E-state index < -0.39 is 30.5 Å². The highest BCUT2D eigenvalue weighted by atomic mass is 79.9. The van der Waals surface area contributed by atoms with E-state index in [1.54, 1.807) is 30.3 Å². The Hall–Kier alpha value is -1.70. The van der Waals surface area contributed by atoms with Crippen LogP contribution in [0.25, 0.3) is 0 Å². The van der Waals surface area contributed by atoms with Gasteiger partial charge in [0.1, 0.15) is 0 Å². The van der Waals surface area contributed by atoms with Gasteiger partial charge in [-0.1, -0.05) is 102 Å². The first-order valence-electron chi connectivity index (χ1n) is 12.6. The summed E-state index contributed by atoms with van der Waals surface area (Å²) >= 11 is 3.64. The van der Waals surface area contributed by atoms with E-state index in [1.165, 1.54) is 0 Å². The Balaban J connectivity index is 1.53. The largest absolute Gasteiger partial charge is 0.219 e. The van der Waals surface area contributed by atoms with Gasteiger partial charge in [0, 0.05) is 21.7 Å². The average Bonchev–Trinajstić information content (AvgIpc) is 3.29. The molecule has 0 unspecified atom stereocenters. The summed E-state index contributed by atoms with van der Waals surface area (Å²) in [5.41, 5.74) is 0.749. The van der Waals surface area contributed by atoms with Crippen LogP contribution >= 0.6 is 15.9 Å². The monoisotopic (exact) mass is 602 g/mol. The maximum atomic E-state index is 13.9. The van der Waals surface area contributed by atoms with Crippen molar-refractivity contribution in [1.82, 2.24) is 0 Å². The fourth-order valence-electron chi connectivity index (χ4n) is 6.33. The van der Waals surface area contributed by atoms with Gasteiger partial charge in [0.2, 0.25) is 19.7 Å². The first kappa shape index (κ1) is 26.9. The Bertz CT molecular complexity index is 1580. The van der Waals surface area contributed by atoms with E-state index >= 15 is 0 Å². The van der Waals surface area contributed by atoms with E-state index in [-0.39, 0.29) is 32.5 Å². The lowest BCUT2D eigenvalue weighted by Gasteiger charge is -2.27. The van der Waals surface area contributed by atoms with Crippen molar-refractivity contribution < 1.29 is 16.8 Å². The van der Waals surface area contributed by atoms with Crippen LogP contribution in [0.4, 0.5) is 0 Å². The molecule has 0 N–H and O–H groups in total. The normalized spacial score (nSPS) is 29.4. The molecule has 0 radical (unpaired) electrons. The first-order chi connectivity index (χ1) is 16.8. The van der Waals surface area contributed by atoms with E-state index in [9.17, 15) is 16.8 Å². The molecule has 0 heterocycles. The molecule has 0 bridgehead atoms. The molecule has 3 aliphatic rings. The van der Waals surface area contributed by atoms with Gasteiger partial charge in [-0.05, 0) is 51.6 Å². The third kappa shape index (κ3) is 3.56. The van der Waals surface area contributed by atoms with Crippen LogP contribution < -0.4 is 0 Å². The summed E-state index contributed by atoms with van der Waals surface area (Å²) < 4.78 is 56.2. The number of benzene rings is 2. The topological polar surface area (TPSA) is 68.3 Å². The van der Waals surface area contributed by atoms with Gasteiger partial charge in [-0.2, -0.15) is 0 Å². The number of hydrogen-bond donors (Lipinski definition) is 0. The molecule has 37 heavy (non-hydrogen) atoms. The van der Waals surface area contributed by atoms with E-state index in [1.807, 2.05) is 38.1 Å². The number of halogens is 1. The lowest BCUT2D eigenvalue weighted by Crippen LogP contribution is -2.21. The highest BCUT2D eigenvalue weighted by molar-refractivity contribution is 9.11. The van der Waals surface area contributed by atoms with Crippen molar-refractivity contribution in [3.8, 4) is 0 Å². The maximum Gasteiger partial charge on any atom is 0.203 e. The van der Waals surface area contributed by atoms with Crippen LogP contribution in [0.5, 0.6) is 0 Å². The molecule has 0 aromatic heterocycles. The minimum atomic E-state index is -3.81. The van der Waals surface area contributed by atoms with Gasteiger partial charge < -0.3 is 0 Å². The molecule has 4 nitrogen and oxygen atoms in total. The summed E-state index contributed by atoms with van der Waals surface area (Å²) in [6, 6.07) is 14.2. The summed E-state index contributed by atoms with van der Waals surface area (Å²) in [4.78, 5) is 1.17. The number of fused-ring (bicyclic) bond motifs is 1. The maximum absolute atomic E-state index is 13.9. The standard InChI is InChI=1S/C30H35BrO4S2/c1-27(2,3)18-9-13-20(14-10-18)36(32,33)22-17-29(7)26(31)25(24-23(22)30(24,29)8)37(34,35)21-15-11-19(12-16-21)28(4,5)6/h9-17,23-24H,1-8H3/t23-,24+,29+,30-/m0/s1. The number of allylic oxidation sites excluding steroid dienone is 4. The molecular formula is C30H35BrO4S2. The van der Waals surface area contributed by atoms with Gasteiger partial charge in [-0.25, -0.2) is 16.8 Å². The Kier molecular flexibility index (Phi) is 5.59. The first-order valence-corrected chi connectivity index (χ1v) is 16.4. The lowest BCUT2D eigenvalue weighted by molar-refractivity contribution is 0.329. The van der Waals surface area contributed by atoms with Crippen LogP contribution in [-0.2, 0) is 30.5 Å². The highest BCUT2D eigenvalue weighted by Gasteiger charge is 2.82. The summed E-state index contributed by atoms with van der Waals surface area (Å²) in [7, 11) is -7.58. The predicted octanol–water partition coefficient (Wildman–Crippen LogP) is 7.31. The van der Waals surface area contributed by atoms with Crippen LogP contribution in [0, 0.1) is 22.7 Å². The molecule has 4 atom stereocenters. The average molecular weight is 604 g/mol. The Morgan fingerprint density at radius 3 is 1.46 bits per heavy atom. The van der Waals surface area contributed by atoms with Crippen molar-refractivity contribution in [2.24, 2.45) is 22.7 Å². The zero-order valence-corrected chi connectivity index (χ0v) is 25.9. The Labute approximate surface area is 230 Å². The van der Waals surface area contributed by atoms with E-state index in [2.05, 4.69) is 57.5 Å². The minimum Gasteiger partial charge on any atom is -0.219 e. The van der Waals surface area contributed by atoms with Crippen LogP contribution in [0.3, 0.4) is 0 Å². The Morgan fingerprint density at radius 1 is 0.676 bits per heavy atom. The molecule has 2 aromatic carbocycles. The second-order valence-electron chi connectivity index (χ2n) is 13.2. The van der Waals surface area contributed by atoms with Gasteiger partial charge in [0.25, 0.3) is 0 Å². The van der Waals surface area contributed by atoms with Crippen LogP contribution in [0.1, 0.15) is 66.5 Å². The Morgan fingerprint density at radius 2 is 1.08 bits per heavy atom. The number of hydrogen-bond acceptors (Lipinski definition) is 4. The lowest BCUT2D eigenvalue weighted by atomic mass is 9.79. The second-order valence-corrected chi connectivity index (χ2v) is 17.9. The molecular weight excluding hydrogens is 568 g/mol. The molecule has 5 rings (SSSR count). The van der Waals surface area contributed by atoms with Crippen molar-refractivity contribution in [2.75, 3.05) is 0 Å². The summed E-state index contributed by atoms with van der Waals surface area (Å²) in [6.07, 6.45) is 1.80. The summed E-state index contributed by atoms with van der Waals surface area (Å²) in [5.74, 6) is -0.729. The van der Waals surface area contributed by atoms with Gasteiger partial charge >= 0.3 is 0 Å². The third-order valence-corrected chi connectivity index (χ3v) is 14.3. The van der Waals surface area contributed by atoms with Gasteiger partial charge in [0.05, 0.1) is 19.6 Å². The number of rotatable bonds is 4. The van der Waals surface area contributed by atoms with Crippen molar-refractivity contribution in [3.63, 3.8) is 0 Å². The number of sulfone groups is 2. The smallest absolute Gasteiger partial charge is 0.203 e. The molecule has 0 aliphatic heterocycles. The highest BCUT2D eigenvalue weighted by Crippen LogP contribution is 2.85. The SMILES string of the molecule is CC(C)(C)c1ccc(S(=O)(=O)C2=C[C@]3(C)C(Br)=C(S(=O)(=O)c4ccc(C(C)(C)C)cc4)[C@H]4[C@H]2[C@@]43C)cc1. The molecule has 1 fully saturated rings. The molecule has 0 spiro atoms. The summed E-state index contributed by atoms with van der Waals surface area (Å²) in [6.45, 7) is 16.5. The van der Waals surface area contributed by atoms with Crippen molar-refractivity contribution in [1.29, 1.82) is 0 Å². The van der Waals surface area contributed by atoms with Crippen LogP contribution in [-0.4, -0.2) is 16.8 Å². The van der Waals surface area contributed by atoms with Crippen molar-refractivity contribution in [2.45, 2.75) is 76.0 Å². The molecule has 3 aliphatic carbocycles. The van der Waals surface area contributed by atoms with Crippen LogP contribution in [0.2, 0.25) is 0 Å². The minimum absolute atomic E-state index is 0.0836. The fourth-order valence-corrected chi connectivity index (χ4v) is 11.5. The van der Waals surface area contributed by atoms with E-state index in [0.29, 0.717) is 14.3 Å². The van der Waals surface area contributed by atoms with E-state index in [4.69, 9.17) is 0 Å². The van der Waals surface area contributed by atoms with Crippen molar-refractivity contribution >= 4 is 35.6 Å². The molecule has 0 amide bonds. The second kappa shape index (κ2) is 7.70. The third-order valence-electron chi connectivity index (χ3n) is 8.99. The summed E-state index contributed by atoms with van der Waals surface area (Å²) in [5, 5.41) is 0. The van der Waals surface area contributed by atoms with E-state index in [0.717, 1.165) is 11.1 Å². The van der Waals surface area contributed by atoms with Gasteiger partial charge in [-0.15, -0.1) is 0 Å². The van der Waals surface area contributed by atoms with Crippen molar-refractivity contribution in [3.05, 3.63) is 80.0 Å². The van der Waals surface area contributed by atoms with Gasteiger partial charge in [0.15, 0.2) is 0 Å². The zero-order valence-electron chi connectivity index (χ0n) is 22.7. The fraction of sp³-hybridized carbons (Fsp3) is 0.467. The zero-order chi connectivity index (χ0) is 27.6. The molecule has 1 saturated carbocycles. The molecule has 0 saturated heterocycles. The quantitative estimate of drug-likeness (QED) is 0.368. The molecule has 7 heteroatoms. The molecule has 2 aromatic rings. The molecule has 198 valence electrons.